The van der Waals surface area contributed by atoms with Gasteiger partial charge in [0.2, 0.25) is 0 Å². The zero-order chi connectivity index (χ0) is 9.00. The fraction of sp³-hybridized carbons (Fsp3) is 0. The molecular formula is H8Mo2N2O8Pd. The summed E-state index contributed by atoms with van der Waals surface area (Å²) in [7, 11) is 0. The molecule has 0 spiro atoms. The summed E-state index contributed by atoms with van der Waals surface area (Å²) in [6.07, 6.45) is 0. The predicted molar refractivity (Wildman–Crippen MR) is 14.7 cm³/mol. The van der Waals surface area contributed by atoms with Crippen LogP contribution in [0.2, 0.25) is 0 Å². The van der Waals surface area contributed by atoms with Gasteiger partial charge in [-0.1, -0.05) is 0 Å². The van der Waals surface area contributed by atoms with Crippen LogP contribution in [0.15, 0.2) is 0 Å². The molecule has 0 aliphatic carbocycles. The molecule has 0 atom stereocenters. The molecule has 10 nitrogen and oxygen atoms in total. The molecule has 0 aromatic heterocycles. The fourth-order valence-corrected chi connectivity index (χ4v) is 0. The van der Waals surface area contributed by atoms with Gasteiger partial charge in [0.05, 0.1) is 0 Å². The Kier molecular flexibility index (Phi) is 24.9. The second kappa shape index (κ2) is 11.1. The normalized spacial score (nSPS) is 8.92. The smallest absolute Gasteiger partial charge is 2.00 e. The van der Waals surface area contributed by atoms with Gasteiger partial charge in [-0.3, -0.25) is 0 Å². The third kappa shape index (κ3) is 1580. The Hall–Kier alpha value is 0.999. The zero-order valence-electron chi connectivity index (χ0n) is 6.40. The topological polar surface area (TPSA) is 234 Å². The van der Waals surface area contributed by atoms with Crippen molar-refractivity contribution >= 4 is 0 Å². The van der Waals surface area contributed by atoms with Gasteiger partial charge >= 0.3 is 82.5 Å². The first-order valence-electron chi connectivity index (χ1n) is 1.33. The van der Waals surface area contributed by atoms with Crippen LogP contribution in [0.4, 0.5) is 0 Å². The standard InChI is InChI=1S/2Mo.2H3N.8O.Pd/h;;2*1H3;;;;;;;;;/q;;;;;;;;4*-1;+2/p+2. The third-order valence-electron chi connectivity index (χ3n) is 0. The summed E-state index contributed by atoms with van der Waals surface area (Å²) in [6, 6.07) is 0. The van der Waals surface area contributed by atoms with Gasteiger partial charge in [-0.15, -0.1) is 0 Å². The largest absolute Gasteiger partial charge is 2.00 e. The van der Waals surface area contributed by atoms with Crippen molar-refractivity contribution in [1.29, 1.82) is 0 Å². The van der Waals surface area contributed by atoms with E-state index in [1.807, 2.05) is 0 Å². The molecule has 0 radical (unpaired) electrons. The van der Waals surface area contributed by atoms with E-state index < -0.39 is 33.5 Å². The van der Waals surface area contributed by atoms with Crippen molar-refractivity contribution in [3.05, 3.63) is 0 Å². The van der Waals surface area contributed by atoms with Crippen molar-refractivity contribution in [1.82, 2.24) is 12.3 Å². The van der Waals surface area contributed by atoms with Crippen molar-refractivity contribution < 1.29 is 82.5 Å². The Morgan fingerprint density at radius 1 is 0.615 bits per heavy atom. The average Bonchev–Trinajstić information content (AvgIpc) is 1.12. The molecule has 88 valence electrons. The molecule has 0 amide bonds. The molecule has 0 saturated heterocycles. The first-order valence-corrected chi connectivity index (χ1v) is 7.89. The summed E-state index contributed by atoms with van der Waals surface area (Å²) in [5.41, 5.74) is 0. The van der Waals surface area contributed by atoms with E-state index in [9.17, 15) is 0 Å². The minimum Gasteiger partial charge on any atom is 2.00 e. The summed E-state index contributed by atoms with van der Waals surface area (Å²) in [5, 5.41) is 0. The second-order valence-electron chi connectivity index (χ2n) is 0.816. The van der Waals surface area contributed by atoms with Crippen LogP contribution in [0.1, 0.15) is 0 Å². The van der Waals surface area contributed by atoms with Crippen molar-refractivity contribution in [2.24, 2.45) is 0 Å². The minimum absolute atomic E-state index is 0. The molecular weight excluding hydrogens is 454 g/mol. The Bertz CT molecular complexity index is 217. The molecule has 0 aromatic rings. The van der Waals surface area contributed by atoms with Gasteiger partial charge in [0.25, 0.3) is 0 Å². The molecule has 0 aliphatic rings. The van der Waals surface area contributed by atoms with E-state index in [1.165, 1.54) is 0 Å². The number of rotatable bonds is 0. The Balaban J connectivity index is -0.0000000267. The van der Waals surface area contributed by atoms with E-state index in [0.717, 1.165) is 0 Å². The summed E-state index contributed by atoms with van der Waals surface area (Å²) in [4.78, 5) is 0. The quantitative estimate of drug-likeness (QED) is 0.332. The molecule has 0 bridgehead atoms. The van der Waals surface area contributed by atoms with Crippen LogP contribution >= 0.6 is 0 Å². The average molecular weight is 462 g/mol. The maximum absolute atomic E-state index is 8.63. The Morgan fingerprint density at radius 3 is 0.615 bits per heavy atom. The van der Waals surface area contributed by atoms with Crippen LogP contribution in [0.3, 0.4) is 0 Å². The van der Waals surface area contributed by atoms with E-state index in [4.69, 9.17) is 28.6 Å². The molecule has 0 fully saturated rings. The second-order valence-corrected chi connectivity index (χ2v) is 4.83. The van der Waals surface area contributed by atoms with E-state index >= 15 is 0 Å². The van der Waals surface area contributed by atoms with E-state index in [1.54, 1.807) is 0 Å². The summed E-state index contributed by atoms with van der Waals surface area (Å²) in [6.45, 7) is 0. The molecule has 8 N–H and O–H groups in total. The molecule has 0 aliphatic heterocycles. The maximum atomic E-state index is 8.63. The van der Waals surface area contributed by atoms with Gasteiger partial charge in [-0.2, -0.15) is 0 Å². The van der Waals surface area contributed by atoms with Crippen LogP contribution < -0.4 is 27.3 Å². The summed E-state index contributed by atoms with van der Waals surface area (Å²) < 4.78 is 69.0. The number of hydrogen-bond donors (Lipinski definition) is 2. The first kappa shape index (κ1) is 29.2. The van der Waals surface area contributed by atoms with E-state index in [0.29, 0.717) is 0 Å². The number of hydrogen-bond acceptors (Lipinski definition) is 8. The van der Waals surface area contributed by atoms with Crippen LogP contribution in [0.5, 0.6) is 0 Å². The van der Waals surface area contributed by atoms with Crippen LogP contribution in [0.25, 0.3) is 0 Å². The van der Waals surface area contributed by atoms with E-state index in [2.05, 4.69) is 0 Å². The van der Waals surface area contributed by atoms with Crippen molar-refractivity contribution in [2.75, 3.05) is 0 Å². The number of quaternary nitrogens is 2. The van der Waals surface area contributed by atoms with E-state index in [-0.39, 0.29) is 32.7 Å². The van der Waals surface area contributed by atoms with Gasteiger partial charge in [-0.05, 0) is 0 Å². The molecule has 0 heterocycles. The zero-order valence-corrected chi connectivity index (χ0v) is 12.0. The third-order valence-corrected chi connectivity index (χ3v) is 0. The van der Waals surface area contributed by atoms with Gasteiger partial charge in [0.1, 0.15) is 0 Å². The molecule has 0 saturated carbocycles. The molecule has 0 unspecified atom stereocenters. The maximum Gasteiger partial charge on any atom is 2.00 e. The fourth-order valence-electron chi connectivity index (χ4n) is 0. The summed E-state index contributed by atoms with van der Waals surface area (Å²) in [5.74, 6) is 0. The van der Waals surface area contributed by atoms with Gasteiger partial charge in [0.15, 0.2) is 0 Å². The van der Waals surface area contributed by atoms with Crippen LogP contribution in [-0.4, -0.2) is 0 Å². The van der Waals surface area contributed by atoms with Crippen molar-refractivity contribution in [3.8, 4) is 0 Å². The minimum atomic E-state index is -6.02. The molecule has 13 heavy (non-hydrogen) atoms. The molecule has 0 aromatic carbocycles. The summed E-state index contributed by atoms with van der Waals surface area (Å²) >= 11 is -12.0. The van der Waals surface area contributed by atoms with Crippen LogP contribution in [-0.2, 0) is 67.5 Å². The molecule has 0 rings (SSSR count). The van der Waals surface area contributed by atoms with Gasteiger partial charge < -0.3 is 12.3 Å². The van der Waals surface area contributed by atoms with Gasteiger partial charge in [-0.25, -0.2) is 0 Å². The Labute approximate surface area is 94.2 Å². The predicted octanol–water partition coefficient (Wildman–Crippen LogP) is -4.49. The van der Waals surface area contributed by atoms with Crippen LogP contribution in [0, 0.1) is 0 Å². The first-order chi connectivity index (χ1) is 4.00. The van der Waals surface area contributed by atoms with Crippen molar-refractivity contribution in [2.45, 2.75) is 0 Å². The molecule has 13 heteroatoms. The SMILES string of the molecule is [NH4+].[NH4+].[O]=[Mo](=[O])([O-])[O-].[O]=[Mo](=[O])([O-])[O-].[Pd+2]. The monoisotopic (exact) mass is 466 g/mol. The Morgan fingerprint density at radius 2 is 0.615 bits per heavy atom. The van der Waals surface area contributed by atoms with Crippen molar-refractivity contribution in [3.63, 3.8) is 0 Å². The van der Waals surface area contributed by atoms with Gasteiger partial charge in [0, 0.05) is 0 Å².